The number of fused-ring (bicyclic) bond motifs is 1. The molecule has 1 aromatic carbocycles. The van der Waals surface area contributed by atoms with Gasteiger partial charge >= 0.3 is 0 Å². The zero-order valence-corrected chi connectivity index (χ0v) is 17.0. The number of nitrogens with one attached hydrogen (secondary N) is 1. The third kappa shape index (κ3) is 3.43. The quantitative estimate of drug-likeness (QED) is 0.864. The van der Waals surface area contributed by atoms with E-state index >= 15 is 0 Å². The summed E-state index contributed by atoms with van der Waals surface area (Å²) in [7, 11) is 0. The number of aromatic nitrogens is 1. The summed E-state index contributed by atoms with van der Waals surface area (Å²) < 4.78 is 5.29. The fraction of sp³-hybridized carbons (Fsp3) is 0.500. The highest BCUT2D eigenvalue weighted by Crippen LogP contribution is 2.37. The molecule has 1 aliphatic heterocycles. The van der Waals surface area contributed by atoms with Crippen molar-refractivity contribution in [2.75, 3.05) is 16.8 Å². The van der Waals surface area contributed by atoms with Gasteiger partial charge in [0.1, 0.15) is 17.0 Å². The van der Waals surface area contributed by atoms with Crippen LogP contribution in [0.1, 0.15) is 67.4 Å². The lowest BCUT2D eigenvalue weighted by Crippen LogP contribution is -2.36. The van der Waals surface area contributed by atoms with E-state index in [2.05, 4.69) is 10.5 Å². The number of hydrogen-bond acceptors (Lipinski definition) is 4. The van der Waals surface area contributed by atoms with Gasteiger partial charge in [0.25, 0.3) is 5.91 Å². The van der Waals surface area contributed by atoms with Gasteiger partial charge in [-0.2, -0.15) is 0 Å². The van der Waals surface area contributed by atoms with Crippen LogP contribution in [-0.2, 0) is 16.6 Å². The molecule has 0 radical (unpaired) electrons. The van der Waals surface area contributed by atoms with E-state index in [0.29, 0.717) is 22.7 Å². The van der Waals surface area contributed by atoms with Crippen molar-refractivity contribution >= 4 is 23.2 Å². The zero-order chi connectivity index (χ0) is 20.1. The van der Waals surface area contributed by atoms with Crippen molar-refractivity contribution in [1.29, 1.82) is 0 Å². The van der Waals surface area contributed by atoms with Crippen molar-refractivity contribution in [2.24, 2.45) is 5.92 Å². The smallest absolute Gasteiger partial charge is 0.261 e. The van der Waals surface area contributed by atoms with Gasteiger partial charge in [-0.15, -0.1) is 0 Å². The van der Waals surface area contributed by atoms with Crippen molar-refractivity contribution < 1.29 is 14.1 Å². The van der Waals surface area contributed by atoms with Gasteiger partial charge in [0.2, 0.25) is 5.91 Å². The molecule has 1 saturated carbocycles. The Labute approximate surface area is 165 Å². The maximum Gasteiger partial charge on any atom is 0.261 e. The SMILES string of the molecule is Cc1onc(C(C)(C)C)c1C(=O)Nc1ccc2c(c1)N(C(=O)C1CC1)CCC2. The summed E-state index contributed by atoms with van der Waals surface area (Å²) in [5.41, 5.74) is 3.60. The number of anilines is 2. The molecule has 2 amide bonds. The molecule has 4 rings (SSSR count). The lowest BCUT2D eigenvalue weighted by molar-refractivity contribution is -0.119. The van der Waals surface area contributed by atoms with Crippen LogP contribution in [0.25, 0.3) is 0 Å². The highest BCUT2D eigenvalue weighted by atomic mass is 16.5. The first-order valence-corrected chi connectivity index (χ1v) is 9.98. The van der Waals surface area contributed by atoms with E-state index in [4.69, 9.17) is 4.52 Å². The second kappa shape index (κ2) is 6.76. The molecule has 2 aromatic rings. The summed E-state index contributed by atoms with van der Waals surface area (Å²) in [5.74, 6) is 0.665. The minimum atomic E-state index is -0.298. The summed E-state index contributed by atoms with van der Waals surface area (Å²) in [6.45, 7) is 8.50. The third-order valence-corrected chi connectivity index (χ3v) is 5.45. The lowest BCUT2D eigenvalue weighted by Gasteiger charge is -2.30. The van der Waals surface area contributed by atoms with Crippen molar-refractivity contribution in [3.63, 3.8) is 0 Å². The van der Waals surface area contributed by atoms with Gasteiger partial charge in [-0.05, 0) is 50.3 Å². The van der Waals surface area contributed by atoms with E-state index < -0.39 is 0 Å². The second-order valence-corrected chi connectivity index (χ2v) is 8.88. The standard InChI is InChI=1S/C22H27N3O3/c1-13-18(19(24-28-13)22(2,3)4)20(26)23-16-10-9-14-6-5-11-25(17(14)12-16)21(27)15-7-8-15/h9-10,12,15H,5-8,11H2,1-4H3,(H,23,26). The summed E-state index contributed by atoms with van der Waals surface area (Å²) >= 11 is 0. The Morgan fingerprint density at radius 3 is 2.68 bits per heavy atom. The molecule has 0 bridgehead atoms. The van der Waals surface area contributed by atoms with Crippen LogP contribution in [0, 0.1) is 12.8 Å². The van der Waals surface area contributed by atoms with E-state index in [0.717, 1.165) is 43.5 Å². The molecule has 6 heteroatoms. The van der Waals surface area contributed by atoms with Crippen LogP contribution < -0.4 is 10.2 Å². The molecule has 28 heavy (non-hydrogen) atoms. The van der Waals surface area contributed by atoms with Gasteiger partial charge in [-0.1, -0.05) is 32.0 Å². The molecular weight excluding hydrogens is 354 g/mol. The summed E-state index contributed by atoms with van der Waals surface area (Å²) in [5, 5.41) is 7.07. The Morgan fingerprint density at radius 1 is 1.25 bits per heavy atom. The predicted octanol–water partition coefficient (Wildman–Crippen LogP) is 4.22. The first-order valence-electron chi connectivity index (χ1n) is 9.98. The van der Waals surface area contributed by atoms with Crippen LogP contribution in [0.3, 0.4) is 0 Å². The molecule has 1 fully saturated rings. The van der Waals surface area contributed by atoms with Crippen LogP contribution in [0.2, 0.25) is 0 Å². The lowest BCUT2D eigenvalue weighted by atomic mass is 9.88. The fourth-order valence-electron chi connectivity index (χ4n) is 3.78. The number of benzene rings is 1. The fourth-order valence-corrected chi connectivity index (χ4v) is 3.78. The van der Waals surface area contributed by atoms with Crippen LogP contribution in [0.15, 0.2) is 22.7 Å². The molecule has 1 aliphatic carbocycles. The maximum absolute atomic E-state index is 13.0. The first-order chi connectivity index (χ1) is 13.3. The first kappa shape index (κ1) is 18.7. The average Bonchev–Trinajstić information content (AvgIpc) is 3.41. The van der Waals surface area contributed by atoms with Gasteiger partial charge in [0, 0.05) is 29.3 Å². The monoisotopic (exact) mass is 381 g/mol. The van der Waals surface area contributed by atoms with Gasteiger partial charge in [-0.25, -0.2) is 0 Å². The van der Waals surface area contributed by atoms with E-state index in [1.54, 1.807) is 6.92 Å². The van der Waals surface area contributed by atoms with Crippen molar-refractivity contribution in [3.8, 4) is 0 Å². The van der Waals surface area contributed by atoms with E-state index in [-0.39, 0.29) is 23.1 Å². The summed E-state index contributed by atoms with van der Waals surface area (Å²) in [6.07, 6.45) is 3.91. The van der Waals surface area contributed by atoms with Crippen LogP contribution in [0.4, 0.5) is 11.4 Å². The molecule has 0 saturated heterocycles. The van der Waals surface area contributed by atoms with Gasteiger partial charge < -0.3 is 14.7 Å². The van der Waals surface area contributed by atoms with Crippen LogP contribution in [-0.4, -0.2) is 23.5 Å². The van der Waals surface area contributed by atoms with Crippen molar-refractivity contribution in [1.82, 2.24) is 5.16 Å². The molecule has 2 heterocycles. The molecule has 0 atom stereocenters. The van der Waals surface area contributed by atoms with Gasteiger partial charge in [0.05, 0.1) is 0 Å². The summed E-state index contributed by atoms with van der Waals surface area (Å²) in [6, 6.07) is 5.84. The second-order valence-electron chi connectivity index (χ2n) is 8.88. The van der Waals surface area contributed by atoms with Gasteiger partial charge in [0.15, 0.2) is 0 Å². The topological polar surface area (TPSA) is 75.4 Å². The van der Waals surface area contributed by atoms with E-state index in [9.17, 15) is 9.59 Å². The number of aryl methyl sites for hydroxylation is 2. The Hall–Kier alpha value is -2.63. The molecule has 0 spiro atoms. The number of carbonyl (C=O) groups is 2. The normalized spacial score (nSPS) is 16.6. The molecule has 1 N–H and O–H groups in total. The van der Waals surface area contributed by atoms with E-state index in [1.165, 1.54) is 0 Å². The van der Waals surface area contributed by atoms with Crippen molar-refractivity contribution in [3.05, 3.63) is 40.8 Å². The molecular formula is C22H27N3O3. The average molecular weight is 381 g/mol. The molecule has 1 aromatic heterocycles. The number of hydrogen-bond donors (Lipinski definition) is 1. The Balaban J connectivity index is 1.61. The minimum Gasteiger partial charge on any atom is -0.361 e. The number of rotatable bonds is 3. The number of amides is 2. The van der Waals surface area contributed by atoms with Crippen LogP contribution >= 0.6 is 0 Å². The molecule has 148 valence electrons. The third-order valence-electron chi connectivity index (χ3n) is 5.45. The highest BCUT2D eigenvalue weighted by molar-refractivity contribution is 6.06. The predicted molar refractivity (Wildman–Crippen MR) is 108 cm³/mol. The largest absolute Gasteiger partial charge is 0.361 e. The van der Waals surface area contributed by atoms with Crippen molar-refractivity contribution in [2.45, 2.75) is 58.8 Å². The zero-order valence-electron chi connectivity index (χ0n) is 17.0. The number of carbonyl (C=O) groups excluding carboxylic acids is 2. The molecule has 6 nitrogen and oxygen atoms in total. The number of nitrogens with zero attached hydrogens (tertiary/aromatic N) is 2. The molecule has 2 aliphatic rings. The van der Waals surface area contributed by atoms with E-state index in [1.807, 2.05) is 43.9 Å². The maximum atomic E-state index is 13.0. The Bertz CT molecular complexity index is 935. The highest BCUT2D eigenvalue weighted by Gasteiger charge is 2.36. The van der Waals surface area contributed by atoms with Gasteiger partial charge in [-0.3, -0.25) is 9.59 Å². The summed E-state index contributed by atoms with van der Waals surface area (Å²) in [4.78, 5) is 27.5. The van der Waals surface area contributed by atoms with Crippen LogP contribution in [0.5, 0.6) is 0 Å². The minimum absolute atomic E-state index is 0.179. The molecule has 0 unspecified atom stereocenters. The Morgan fingerprint density at radius 2 is 2.00 bits per heavy atom. The Kier molecular flexibility index (Phi) is 4.52.